The topological polar surface area (TPSA) is 110 Å². The zero-order chi connectivity index (χ0) is 17.9. The van der Waals surface area contributed by atoms with E-state index in [9.17, 15) is 14.0 Å². The third-order valence-corrected chi connectivity index (χ3v) is 3.35. The van der Waals surface area contributed by atoms with Gasteiger partial charge in [0.2, 0.25) is 5.91 Å². The maximum absolute atomic E-state index is 14.3. The Hall–Kier alpha value is -3.34. The van der Waals surface area contributed by atoms with Crippen LogP contribution in [0.2, 0.25) is 0 Å². The maximum atomic E-state index is 14.3. The smallest absolute Gasteiger partial charge is 0.357 e. The number of esters is 1. The molecule has 0 saturated carbocycles. The molecule has 1 aromatic carbocycles. The third kappa shape index (κ3) is 3.05. The van der Waals surface area contributed by atoms with Crippen molar-refractivity contribution in [1.29, 1.82) is 5.26 Å². The van der Waals surface area contributed by atoms with Crippen molar-refractivity contribution >= 4 is 23.3 Å². The number of nitrogens with zero attached hydrogens (tertiary/aromatic N) is 2. The Morgan fingerprint density at radius 2 is 2.17 bits per heavy atom. The SMILES string of the molecule is CCC(=O)Nc1ccc(F)c(-n2cc(C#N)c(N)c2C(=O)OC)c1. The Labute approximate surface area is 137 Å². The fourth-order valence-corrected chi connectivity index (χ4v) is 2.13. The molecule has 24 heavy (non-hydrogen) atoms. The number of ether oxygens (including phenoxy) is 1. The molecule has 1 aromatic heterocycles. The van der Waals surface area contributed by atoms with Crippen LogP contribution in [0.15, 0.2) is 24.4 Å². The van der Waals surface area contributed by atoms with Gasteiger partial charge in [-0.3, -0.25) is 4.79 Å². The Bertz CT molecular complexity index is 852. The molecule has 0 aliphatic heterocycles. The Morgan fingerprint density at radius 3 is 2.75 bits per heavy atom. The summed E-state index contributed by atoms with van der Waals surface area (Å²) in [7, 11) is 1.15. The zero-order valence-electron chi connectivity index (χ0n) is 13.1. The van der Waals surface area contributed by atoms with Gasteiger partial charge < -0.3 is 20.4 Å². The van der Waals surface area contributed by atoms with Crippen LogP contribution in [0.4, 0.5) is 15.8 Å². The van der Waals surface area contributed by atoms with Crippen LogP contribution < -0.4 is 11.1 Å². The minimum absolute atomic E-state index is 0.0118. The molecular formula is C16H15FN4O3. The number of rotatable bonds is 4. The van der Waals surface area contributed by atoms with Crippen molar-refractivity contribution in [1.82, 2.24) is 4.57 Å². The lowest BCUT2D eigenvalue weighted by Crippen LogP contribution is -2.13. The molecule has 0 bridgehead atoms. The standard InChI is InChI=1S/C16H15FN4O3/c1-3-13(22)20-10-4-5-11(17)12(6-10)21-8-9(7-18)14(19)15(21)16(23)24-2/h4-6,8H,3,19H2,1-2H3,(H,20,22). The molecule has 0 aliphatic rings. The summed E-state index contributed by atoms with van der Waals surface area (Å²) >= 11 is 0. The molecule has 0 fully saturated rings. The molecule has 0 radical (unpaired) electrons. The number of amides is 1. The summed E-state index contributed by atoms with van der Waals surface area (Å²) < 4.78 is 20.0. The van der Waals surface area contributed by atoms with Gasteiger partial charge in [0.05, 0.1) is 24.0 Å². The highest BCUT2D eigenvalue weighted by Gasteiger charge is 2.23. The van der Waals surface area contributed by atoms with E-state index in [0.717, 1.165) is 17.7 Å². The molecule has 0 saturated heterocycles. The molecule has 124 valence electrons. The number of nitrogens with two attached hydrogens (primary N) is 1. The van der Waals surface area contributed by atoms with Gasteiger partial charge in [0.1, 0.15) is 11.9 Å². The first-order valence-electron chi connectivity index (χ1n) is 7.01. The van der Waals surface area contributed by atoms with Gasteiger partial charge in [0.25, 0.3) is 0 Å². The average Bonchev–Trinajstić information content (AvgIpc) is 2.92. The monoisotopic (exact) mass is 330 g/mol. The number of halogens is 1. The first kappa shape index (κ1) is 17.0. The Morgan fingerprint density at radius 1 is 1.46 bits per heavy atom. The van der Waals surface area contributed by atoms with E-state index < -0.39 is 11.8 Å². The first-order valence-corrected chi connectivity index (χ1v) is 7.01. The lowest BCUT2D eigenvalue weighted by atomic mass is 10.2. The van der Waals surface area contributed by atoms with E-state index >= 15 is 0 Å². The second-order valence-corrected chi connectivity index (χ2v) is 4.85. The number of hydrogen-bond acceptors (Lipinski definition) is 5. The molecular weight excluding hydrogens is 315 g/mol. The summed E-state index contributed by atoms with van der Waals surface area (Å²) in [5, 5.41) is 11.7. The van der Waals surface area contributed by atoms with Gasteiger partial charge in [-0.2, -0.15) is 5.26 Å². The van der Waals surface area contributed by atoms with E-state index in [1.807, 2.05) is 6.07 Å². The van der Waals surface area contributed by atoms with Gasteiger partial charge in [0.15, 0.2) is 5.69 Å². The molecule has 2 aromatic rings. The number of benzene rings is 1. The van der Waals surface area contributed by atoms with E-state index in [2.05, 4.69) is 10.1 Å². The minimum atomic E-state index is -0.809. The van der Waals surface area contributed by atoms with Gasteiger partial charge in [0, 0.05) is 18.3 Å². The average molecular weight is 330 g/mol. The minimum Gasteiger partial charge on any atom is -0.464 e. The van der Waals surface area contributed by atoms with Crippen LogP contribution in [0.5, 0.6) is 0 Å². The number of hydrogen-bond donors (Lipinski definition) is 2. The quantitative estimate of drug-likeness (QED) is 0.835. The number of aromatic nitrogens is 1. The molecule has 1 amide bonds. The molecule has 0 atom stereocenters. The van der Waals surface area contributed by atoms with E-state index in [1.54, 1.807) is 6.92 Å². The van der Waals surface area contributed by atoms with Crippen LogP contribution >= 0.6 is 0 Å². The fraction of sp³-hybridized carbons (Fsp3) is 0.188. The van der Waals surface area contributed by atoms with Crippen molar-refractivity contribution in [3.05, 3.63) is 41.5 Å². The summed E-state index contributed by atoms with van der Waals surface area (Å²) in [6.45, 7) is 1.68. The lowest BCUT2D eigenvalue weighted by molar-refractivity contribution is -0.115. The molecule has 7 nitrogen and oxygen atoms in total. The van der Waals surface area contributed by atoms with Crippen molar-refractivity contribution in [3.63, 3.8) is 0 Å². The summed E-state index contributed by atoms with van der Waals surface area (Å²) in [5.41, 5.74) is 5.83. The second-order valence-electron chi connectivity index (χ2n) is 4.85. The highest BCUT2D eigenvalue weighted by Crippen LogP contribution is 2.27. The maximum Gasteiger partial charge on any atom is 0.357 e. The Kier molecular flexibility index (Phi) is 4.84. The number of nitrogens with one attached hydrogen (secondary N) is 1. The molecule has 0 aliphatic carbocycles. The molecule has 0 spiro atoms. The summed E-state index contributed by atoms with van der Waals surface area (Å²) in [6.07, 6.45) is 1.50. The number of nitrogen functional groups attached to an aromatic ring is 1. The molecule has 0 unspecified atom stereocenters. The van der Waals surface area contributed by atoms with Gasteiger partial charge in [-0.05, 0) is 18.2 Å². The van der Waals surface area contributed by atoms with Crippen molar-refractivity contribution < 1.29 is 18.7 Å². The molecule has 1 heterocycles. The molecule has 3 N–H and O–H groups in total. The largest absolute Gasteiger partial charge is 0.464 e. The fourth-order valence-electron chi connectivity index (χ4n) is 2.13. The van der Waals surface area contributed by atoms with Crippen LogP contribution in [0.1, 0.15) is 29.4 Å². The van der Waals surface area contributed by atoms with Crippen molar-refractivity contribution in [2.24, 2.45) is 0 Å². The summed E-state index contributed by atoms with van der Waals surface area (Å²) in [6, 6.07) is 5.71. The predicted octanol–water partition coefficient (Wildman–Crippen LogP) is 2.21. The molecule has 2 rings (SSSR count). The van der Waals surface area contributed by atoms with Crippen LogP contribution in [-0.2, 0) is 9.53 Å². The number of carbonyl (C=O) groups is 2. The first-order chi connectivity index (χ1) is 11.4. The predicted molar refractivity (Wildman–Crippen MR) is 85.1 cm³/mol. The zero-order valence-corrected chi connectivity index (χ0v) is 13.1. The summed E-state index contributed by atoms with van der Waals surface area (Å²) in [5.74, 6) is -1.71. The van der Waals surface area contributed by atoms with Crippen molar-refractivity contribution in [3.8, 4) is 11.8 Å². The second kappa shape index (κ2) is 6.83. The van der Waals surface area contributed by atoms with Gasteiger partial charge >= 0.3 is 5.97 Å². The molecule has 8 heteroatoms. The summed E-state index contributed by atoms with van der Waals surface area (Å²) in [4.78, 5) is 23.4. The lowest BCUT2D eigenvalue weighted by Gasteiger charge is -2.12. The number of carbonyl (C=O) groups excluding carboxylic acids is 2. The van der Waals surface area contributed by atoms with Gasteiger partial charge in [-0.1, -0.05) is 6.92 Å². The van der Waals surface area contributed by atoms with Crippen LogP contribution in [0.3, 0.4) is 0 Å². The Balaban J connectivity index is 2.63. The highest BCUT2D eigenvalue weighted by atomic mass is 19.1. The third-order valence-electron chi connectivity index (χ3n) is 3.35. The van der Waals surface area contributed by atoms with E-state index in [1.165, 1.54) is 18.3 Å². The van der Waals surface area contributed by atoms with Crippen LogP contribution in [0, 0.1) is 17.1 Å². The van der Waals surface area contributed by atoms with Crippen molar-refractivity contribution in [2.75, 3.05) is 18.2 Å². The van der Waals surface area contributed by atoms with Crippen LogP contribution in [0.25, 0.3) is 5.69 Å². The van der Waals surface area contributed by atoms with E-state index in [4.69, 9.17) is 11.0 Å². The number of nitriles is 1. The van der Waals surface area contributed by atoms with E-state index in [-0.39, 0.29) is 35.0 Å². The van der Waals surface area contributed by atoms with Crippen LogP contribution in [-0.4, -0.2) is 23.6 Å². The van der Waals surface area contributed by atoms with Gasteiger partial charge in [-0.15, -0.1) is 0 Å². The highest BCUT2D eigenvalue weighted by molar-refractivity contribution is 5.96. The van der Waals surface area contributed by atoms with E-state index in [0.29, 0.717) is 5.69 Å². The van der Waals surface area contributed by atoms with Gasteiger partial charge in [-0.25, -0.2) is 9.18 Å². The van der Waals surface area contributed by atoms with Crippen molar-refractivity contribution in [2.45, 2.75) is 13.3 Å². The number of methoxy groups -OCH3 is 1. The number of anilines is 2. The normalized spacial score (nSPS) is 10.1.